The molecule has 4 nitrogen and oxygen atoms in total. The van der Waals surface area contributed by atoms with E-state index in [0.29, 0.717) is 17.7 Å². The van der Waals surface area contributed by atoms with E-state index in [1.807, 2.05) is 60.7 Å². The molecule has 0 saturated carbocycles. The Morgan fingerprint density at radius 3 is 2.58 bits per heavy atom. The summed E-state index contributed by atoms with van der Waals surface area (Å²) in [5, 5.41) is 13.2. The van der Waals surface area contributed by atoms with Crippen LogP contribution in [0.15, 0.2) is 90.0 Å². The topological polar surface area (TPSA) is 57.8 Å². The first-order valence-electron chi connectivity index (χ1n) is 10.3. The average molecular weight is 426 g/mol. The molecule has 4 rings (SSSR count). The van der Waals surface area contributed by atoms with Crippen molar-refractivity contribution in [3.05, 3.63) is 102 Å². The Labute approximate surface area is 186 Å². The molecular weight excluding hydrogens is 402 g/mol. The maximum atomic E-state index is 12.8. The summed E-state index contributed by atoms with van der Waals surface area (Å²) in [5.74, 6) is 0.705. The highest BCUT2D eigenvalue weighted by Crippen LogP contribution is 2.26. The minimum Gasteiger partial charge on any atom is -0.352 e. The van der Waals surface area contributed by atoms with Crippen molar-refractivity contribution in [2.24, 2.45) is 0 Å². The number of nitrogens with zero attached hydrogens (tertiary/aromatic N) is 2. The fourth-order valence-corrected chi connectivity index (χ4v) is 4.50. The van der Waals surface area contributed by atoms with E-state index in [4.69, 9.17) is 5.26 Å². The van der Waals surface area contributed by atoms with E-state index in [1.54, 1.807) is 11.8 Å². The highest BCUT2D eigenvalue weighted by molar-refractivity contribution is 7.98. The van der Waals surface area contributed by atoms with Crippen LogP contribution in [0.4, 0.5) is 0 Å². The fourth-order valence-electron chi connectivity index (χ4n) is 3.50. The van der Waals surface area contributed by atoms with Crippen molar-refractivity contribution in [3.63, 3.8) is 0 Å². The van der Waals surface area contributed by atoms with Gasteiger partial charge in [-0.2, -0.15) is 5.26 Å². The summed E-state index contributed by atoms with van der Waals surface area (Å²) in [6, 6.07) is 27.8. The summed E-state index contributed by atoms with van der Waals surface area (Å²) < 4.78 is 2.23. The normalized spacial score (nSPS) is 10.7. The lowest BCUT2D eigenvalue weighted by Gasteiger charge is -2.11. The van der Waals surface area contributed by atoms with E-state index < -0.39 is 0 Å². The average Bonchev–Trinajstić information content (AvgIpc) is 3.24. The molecule has 31 heavy (non-hydrogen) atoms. The van der Waals surface area contributed by atoms with Gasteiger partial charge in [0.2, 0.25) is 0 Å². The molecular formula is C26H23N3OS. The van der Waals surface area contributed by atoms with Gasteiger partial charge in [-0.3, -0.25) is 4.79 Å². The van der Waals surface area contributed by atoms with E-state index in [9.17, 15) is 4.79 Å². The third kappa shape index (κ3) is 5.17. The van der Waals surface area contributed by atoms with Crippen LogP contribution in [-0.2, 0) is 12.3 Å². The van der Waals surface area contributed by atoms with Crippen LogP contribution >= 0.6 is 11.8 Å². The Hall–Kier alpha value is -3.49. The maximum absolute atomic E-state index is 12.8. The minimum absolute atomic E-state index is 0.0414. The molecule has 0 bridgehead atoms. The van der Waals surface area contributed by atoms with Gasteiger partial charge in [-0.05, 0) is 53.8 Å². The monoisotopic (exact) mass is 425 g/mol. The molecule has 0 unspecified atom stereocenters. The van der Waals surface area contributed by atoms with Crippen LogP contribution in [0.25, 0.3) is 10.9 Å². The number of aromatic nitrogens is 1. The van der Waals surface area contributed by atoms with Gasteiger partial charge in [0.15, 0.2) is 0 Å². The number of nitriles is 1. The van der Waals surface area contributed by atoms with Gasteiger partial charge in [0.05, 0.1) is 17.2 Å². The number of para-hydroxylation sites is 1. The van der Waals surface area contributed by atoms with Crippen molar-refractivity contribution >= 4 is 28.6 Å². The van der Waals surface area contributed by atoms with Gasteiger partial charge < -0.3 is 9.88 Å². The summed E-state index contributed by atoms with van der Waals surface area (Å²) in [7, 11) is 0. The van der Waals surface area contributed by atoms with Crippen molar-refractivity contribution in [1.82, 2.24) is 9.88 Å². The molecule has 0 aliphatic heterocycles. The molecule has 0 fully saturated rings. The zero-order valence-electron chi connectivity index (χ0n) is 17.1. The van der Waals surface area contributed by atoms with Gasteiger partial charge in [-0.25, -0.2) is 0 Å². The number of amides is 1. The van der Waals surface area contributed by atoms with Crippen molar-refractivity contribution in [3.8, 4) is 6.07 Å². The summed E-state index contributed by atoms with van der Waals surface area (Å²) in [6.07, 6.45) is 2.96. The predicted molar refractivity (Wildman–Crippen MR) is 126 cm³/mol. The highest BCUT2D eigenvalue weighted by Gasteiger charge is 2.11. The van der Waals surface area contributed by atoms with Crippen LogP contribution in [0.5, 0.6) is 0 Å². The van der Waals surface area contributed by atoms with Crippen LogP contribution in [0.2, 0.25) is 0 Å². The number of hydrogen-bond donors (Lipinski definition) is 1. The number of hydrogen-bond acceptors (Lipinski definition) is 3. The van der Waals surface area contributed by atoms with Crippen molar-refractivity contribution in [1.29, 1.82) is 5.26 Å². The quantitative estimate of drug-likeness (QED) is 0.294. The molecule has 5 heteroatoms. The Morgan fingerprint density at radius 1 is 0.968 bits per heavy atom. The third-order valence-electron chi connectivity index (χ3n) is 5.15. The Kier molecular flexibility index (Phi) is 6.71. The smallest absolute Gasteiger partial charge is 0.252 e. The summed E-state index contributed by atoms with van der Waals surface area (Å²) in [4.78, 5) is 13.7. The second-order valence-corrected chi connectivity index (χ2v) is 8.29. The second kappa shape index (κ2) is 10.0. The predicted octanol–water partition coefficient (Wildman–Crippen LogP) is 5.63. The lowest BCUT2D eigenvalue weighted by Crippen LogP contribution is -2.25. The number of aryl methyl sites for hydroxylation is 1. The highest BCUT2D eigenvalue weighted by atomic mass is 32.2. The Morgan fingerprint density at radius 2 is 1.74 bits per heavy atom. The van der Waals surface area contributed by atoms with Gasteiger partial charge in [-0.15, -0.1) is 11.8 Å². The molecule has 1 aromatic heterocycles. The van der Waals surface area contributed by atoms with E-state index in [-0.39, 0.29) is 5.91 Å². The summed E-state index contributed by atoms with van der Waals surface area (Å²) in [5.41, 5.74) is 3.70. The van der Waals surface area contributed by atoms with Crippen LogP contribution in [-0.4, -0.2) is 17.0 Å². The molecule has 1 heterocycles. The largest absolute Gasteiger partial charge is 0.352 e. The van der Waals surface area contributed by atoms with E-state index in [1.165, 1.54) is 10.9 Å². The molecule has 1 N–H and O–H groups in total. The molecule has 0 spiro atoms. The van der Waals surface area contributed by atoms with Gasteiger partial charge in [0, 0.05) is 35.5 Å². The van der Waals surface area contributed by atoms with Gasteiger partial charge >= 0.3 is 0 Å². The van der Waals surface area contributed by atoms with Crippen LogP contribution in [0.3, 0.4) is 0 Å². The van der Waals surface area contributed by atoms with Gasteiger partial charge in [-0.1, -0.05) is 42.5 Å². The van der Waals surface area contributed by atoms with Gasteiger partial charge in [0.1, 0.15) is 0 Å². The Balaban J connectivity index is 1.31. The summed E-state index contributed by atoms with van der Waals surface area (Å²) >= 11 is 1.63. The van der Waals surface area contributed by atoms with E-state index in [0.717, 1.165) is 29.2 Å². The van der Waals surface area contributed by atoms with Crippen molar-refractivity contribution < 1.29 is 4.79 Å². The number of carbonyl (C=O) groups excluding carboxylic acids is 1. The molecule has 154 valence electrons. The second-order valence-electron chi connectivity index (χ2n) is 7.27. The van der Waals surface area contributed by atoms with Crippen molar-refractivity contribution in [2.45, 2.75) is 23.6 Å². The maximum Gasteiger partial charge on any atom is 0.252 e. The number of thioether (sulfide) groups is 1. The number of fused-ring (bicyclic) bond motifs is 1. The zero-order chi connectivity index (χ0) is 21.5. The molecule has 4 aromatic rings. The third-order valence-corrected chi connectivity index (χ3v) is 6.30. The number of rotatable bonds is 8. The van der Waals surface area contributed by atoms with E-state index >= 15 is 0 Å². The molecule has 0 radical (unpaired) electrons. The summed E-state index contributed by atoms with van der Waals surface area (Å²) in [6.45, 7) is 1.49. The van der Waals surface area contributed by atoms with Crippen molar-refractivity contribution in [2.75, 3.05) is 6.54 Å². The molecule has 0 saturated heterocycles. The lowest BCUT2D eigenvalue weighted by molar-refractivity contribution is 0.0950. The molecule has 0 aliphatic rings. The van der Waals surface area contributed by atoms with Crippen LogP contribution < -0.4 is 5.32 Å². The Bertz CT molecular complexity index is 1220. The number of nitrogens with one attached hydrogen (secondary N) is 1. The molecule has 1 amide bonds. The molecule has 0 aliphatic carbocycles. The van der Waals surface area contributed by atoms with Crippen LogP contribution in [0, 0.1) is 11.3 Å². The molecule has 3 aromatic carbocycles. The number of benzene rings is 3. The minimum atomic E-state index is -0.0414. The standard InChI is InChI=1S/C26H23N3OS/c27-18-20-10-12-21(13-11-20)19-31-25-9-4-2-7-23(25)26(30)28-15-5-16-29-17-14-22-6-1-3-8-24(22)29/h1-4,6-14,17H,5,15-16,19H2,(H,28,30). The van der Waals surface area contributed by atoms with E-state index in [2.05, 4.69) is 40.3 Å². The fraction of sp³-hybridized carbons (Fsp3) is 0.154. The number of carbonyl (C=O) groups is 1. The van der Waals surface area contributed by atoms with Gasteiger partial charge in [0.25, 0.3) is 5.91 Å². The zero-order valence-corrected chi connectivity index (χ0v) is 17.9. The first-order valence-corrected chi connectivity index (χ1v) is 11.3. The first-order chi connectivity index (χ1) is 15.2. The lowest BCUT2D eigenvalue weighted by atomic mass is 10.2. The SMILES string of the molecule is N#Cc1ccc(CSc2ccccc2C(=O)NCCCn2ccc3ccccc32)cc1. The first kappa shape index (κ1) is 20.8. The molecule has 0 atom stereocenters. The van der Waals surface area contributed by atoms with Crippen LogP contribution in [0.1, 0.15) is 27.9 Å².